The molecule has 0 bridgehead atoms. The number of carbonyl (C=O) groups is 1. The molecule has 3 aliphatic rings. The molecule has 1 amide bonds. The van der Waals surface area contributed by atoms with Crippen molar-refractivity contribution < 1.29 is 13.9 Å². The molecule has 0 spiro atoms. The summed E-state index contributed by atoms with van der Waals surface area (Å²) >= 11 is 0. The highest BCUT2D eigenvalue weighted by molar-refractivity contribution is 5.93. The van der Waals surface area contributed by atoms with Gasteiger partial charge in [-0.05, 0) is 61.4 Å². The van der Waals surface area contributed by atoms with Crippen LogP contribution in [0.15, 0.2) is 72.6 Å². The van der Waals surface area contributed by atoms with Crippen LogP contribution in [0.25, 0.3) is 11.1 Å². The first kappa shape index (κ1) is 23.8. The van der Waals surface area contributed by atoms with Crippen LogP contribution in [-0.2, 0) is 9.53 Å². The molecule has 0 aliphatic carbocycles. The third-order valence-corrected chi connectivity index (χ3v) is 7.35. The number of benzene rings is 2. The molecule has 35 heavy (non-hydrogen) atoms. The lowest BCUT2D eigenvalue weighted by Gasteiger charge is -2.42. The molecule has 5 nitrogen and oxygen atoms in total. The smallest absolute Gasteiger partial charge is 0.270 e. The van der Waals surface area contributed by atoms with Gasteiger partial charge in [0.1, 0.15) is 11.5 Å². The van der Waals surface area contributed by atoms with Crippen LogP contribution < -0.4 is 5.32 Å². The van der Waals surface area contributed by atoms with Gasteiger partial charge in [-0.25, -0.2) is 4.39 Å². The highest BCUT2D eigenvalue weighted by Crippen LogP contribution is 2.35. The van der Waals surface area contributed by atoms with Crippen molar-refractivity contribution in [3.8, 4) is 11.1 Å². The first-order valence-electron chi connectivity index (χ1n) is 12.8. The van der Waals surface area contributed by atoms with Crippen LogP contribution in [0.4, 0.5) is 4.39 Å². The van der Waals surface area contributed by atoms with Crippen molar-refractivity contribution in [3.63, 3.8) is 0 Å². The average Bonchev–Trinajstić information content (AvgIpc) is 2.88. The summed E-state index contributed by atoms with van der Waals surface area (Å²) in [6.45, 7) is 5.05. The number of hydrogen-bond donors (Lipinski definition) is 1. The molecule has 184 valence electrons. The number of ether oxygens (including phenoxy) is 1. The van der Waals surface area contributed by atoms with Crippen LogP contribution in [0.3, 0.4) is 0 Å². The first-order valence-corrected chi connectivity index (χ1v) is 12.8. The van der Waals surface area contributed by atoms with Crippen molar-refractivity contribution in [3.05, 3.63) is 84.0 Å². The number of nitrogens with one attached hydrogen (secondary N) is 1. The van der Waals surface area contributed by atoms with Crippen LogP contribution in [0, 0.1) is 5.82 Å². The van der Waals surface area contributed by atoms with E-state index in [1.54, 1.807) is 0 Å². The van der Waals surface area contributed by atoms with Gasteiger partial charge in [0, 0.05) is 31.9 Å². The molecule has 3 heterocycles. The number of fused-ring (bicyclic) bond motifs is 1. The maximum Gasteiger partial charge on any atom is 0.270 e. The summed E-state index contributed by atoms with van der Waals surface area (Å²) in [7, 11) is 0. The number of amides is 1. The number of carbonyl (C=O) groups excluding carboxylic acids is 1. The molecule has 0 aromatic heterocycles. The molecule has 3 aliphatic heterocycles. The molecular formula is C29H34FN3O2. The lowest BCUT2D eigenvalue weighted by Crippen LogP contribution is -2.59. The van der Waals surface area contributed by atoms with E-state index in [0.29, 0.717) is 19.2 Å². The molecule has 2 saturated heterocycles. The van der Waals surface area contributed by atoms with E-state index in [1.807, 2.05) is 29.2 Å². The van der Waals surface area contributed by atoms with Gasteiger partial charge >= 0.3 is 0 Å². The number of likely N-dealkylation sites (tertiary alicyclic amines) is 1. The molecule has 6 heteroatoms. The van der Waals surface area contributed by atoms with Crippen LogP contribution in [0.2, 0.25) is 0 Å². The standard InChI is InChI=1S/C29H34FN3O2/c1-21(24-8-5-6-9-25(24)22-11-13-23(30)14-12-22)33-17-7-3-2-4-10-27(33)29(34)32-18-15-26-28(20-32)35-19-16-31-26/h5-14,17,21,26,28,31H,2-4,15-16,18-20H2,1H3. The van der Waals surface area contributed by atoms with Crippen molar-refractivity contribution in [1.29, 1.82) is 0 Å². The maximum atomic E-state index is 13.9. The molecule has 0 saturated carbocycles. The van der Waals surface area contributed by atoms with Gasteiger partial charge in [-0.3, -0.25) is 4.79 Å². The van der Waals surface area contributed by atoms with E-state index in [4.69, 9.17) is 4.74 Å². The van der Waals surface area contributed by atoms with E-state index in [-0.39, 0.29) is 23.9 Å². The van der Waals surface area contributed by atoms with Crippen molar-refractivity contribution in [2.24, 2.45) is 0 Å². The summed E-state index contributed by atoms with van der Waals surface area (Å²) in [5.74, 6) is -0.182. The number of rotatable bonds is 4. The number of morpholine rings is 1. The fourth-order valence-corrected chi connectivity index (χ4v) is 5.41. The van der Waals surface area contributed by atoms with E-state index in [1.165, 1.54) is 12.1 Å². The Morgan fingerprint density at radius 1 is 1.14 bits per heavy atom. The molecule has 0 radical (unpaired) electrons. The summed E-state index contributed by atoms with van der Waals surface area (Å²) in [6.07, 6.45) is 10.2. The second-order valence-corrected chi connectivity index (χ2v) is 9.59. The number of halogens is 1. The third kappa shape index (κ3) is 5.19. The molecule has 3 unspecified atom stereocenters. The summed E-state index contributed by atoms with van der Waals surface area (Å²) in [4.78, 5) is 18.0. The Bertz CT molecular complexity index is 1100. The molecule has 2 aromatic carbocycles. The number of nitrogens with zero attached hydrogens (tertiary/aromatic N) is 2. The minimum Gasteiger partial charge on any atom is -0.373 e. The molecule has 3 atom stereocenters. The Morgan fingerprint density at radius 2 is 1.97 bits per heavy atom. The Hall–Kier alpha value is -2.96. The number of piperidine rings is 1. The van der Waals surface area contributed by atoms with Crippen LogP contribution in [0.1, 0.15) is 44.2 Å². The van der Waals surface area contributed by atoms with Gasteiger partial charge in [-0.15, -0.1) is 0 Å². The largest absolute Gasteiger partial charge is 0.373 e. The molecule has 2 fully saturated rings. The molecule has 5 rings (SSSR count). The van der Waals surface area contributed by atoms with Gasteiger partial charge in [0.2, 0.25) is 0 Å². The third-order valence-electron chi connectivity index (χ3n) is 7.35. The highest BCUT2D eigenvalue weighted by Gasteiger charge is 2.36. The second kappa shape index (κ2) is 10.8. The number of allylic oxidation sites excluding steroid dienone is 2. The van der Waals surface area contributed by atoms with E-state index in [9.17, 15) is 9.18 Å². The fourth-order valence-electron chi connectivity index (χ4n) is 5.41. The Kier molecular flexibility index (Phi) is 7.30. The Balaban J connectivity index is 1.44. The highest BCUT2D eigenvalue weighted by atomic mass is 19.1. The summed E-state index contributed by atoms with van der Waals surface area (Å²) < 4.78 is 19.6. The number of hydrogen-bond acceptors (Lipinski definition) is 4. The normalized spacial score (nSPS) is 23.7. The second-order valence-electron chi connectivity index (χ2n) is 9.59. The Labute approximate surface area is 207 Å². The zero-order valence-corrected chi connectivity index (χ0v) is 20.3. The van der Waals surface area contributed by atoms with Gasteiger partial charge in [0.25, 0.3) is 5.91 Å². The van der Waals surface area contributed by atoms with E-state index >= 15 is 0 Å². The van der Waals surface area contributed by atoms with E-state index in [0.717, 1.165) is 61.2 Å². The maximum absolute atomic E-state index is 13.9. The first-order chi connectivity index (χ1) is 17.1. The van der Waals surface area contributed by atoms with Gasteiger partial charge in [0.05, 0.1) is 18.8 Å². The lowest BCUT2D eigenvalue weighted by atomic mass is 9.94. The van der Waals surface area contributed by atoms with E-state index < -0.39 is 0 Å². The minimum atomic E-state index is -0.247. The minimum absolute atomic E-state index is 0.0521. The van der Waals surface area contributed by atoms with E-state index in [2.05, 4.69) is 47.6 Å². The van der Waals surface area contributed by atoms with Gasteiger partial charge < -0.3 is 19.9 Å². The predicted octanol–water partition coefficient (Wildman–Crippen LogP) is 5.03. The van der Waals surface area contributed by atoms with Crippen LogP contribution >= 0.6 is 0 Å². The summed E-state index contributed by atoms with van der Waals surface area (Å²) in [6, 6.07) is 15.1. The summed E-state index contributed by atoms with van der Waals surface area (Å²) in [5, 5.41) is 3.53. The van der Waals surface area contributed by atoms with Gasteiger partial charge in [0.15, 0.2) is 0 Å². The van der Waals surface area contributed by atoms with Gasteiger partial charge in [-0.2, -0.15) is 0 Å². The van der Waals surface area contributed by atoms with Crippen LogP contribution in [-0.4, -0.2) is 54.1 Å². The average molecular weight is 476 g/mol. The van der Waals surface area contributed by atoms with Crippen LogP contribution in [0.5, 0.6) is 0 Å². The molecule has 2 aromatic rings. The monoisotopic (exact) mass is 475 g/mol. The lowest BCUT2D eigenvalue weighted by molar-refractivity contribution is -0.135. The predicted molar refractivity (Wildman–Crippen MR) is 136 cm³/mol. The zero-order chi connectivity index (χ0) is 24.2. The topological polar surface area (TPSA) is 44.8 Å². The molecule has 1 N–H and O–H groups in total. The van der Waals surface area contributed by atoms with Crippen molar-refractivity contribution in [2.75, 3.05) is 26.2 Å². The van der Waals surface area contributed by atoms with Crippen molar-refractivity contribution in [1.82, 2.24) is 15.1 Å². The zero-order valence-electron chi connectivity index (χ0n) is 20.3. The SMILES string of the molecule is CC(c1ccccc1-c1ccc(F)cc1)N1C=CCCCC=C1C(=O)N1CCC2NCCOC2C1. The molecular weight excluding hydrogens is 441 g/mol. The fraction of sp³-hybridized carbons (Fsp3) is 0.414. The van der Waals surface area contributed by atoms with Gasteiger partial charge in [-0.1, -0.05) is 48.6 Å². The van der Waals surface area contributed by atoms with Crippen molar-refractivity contribution >= 4 is 5.91 Å². The quantitative estimate of drug-likeness (QED) is 0.674. The summed E-state index contributed by atoms with van der Waals surface area (Å²) in [5.41, 5.74) is 3.83. The van der Waals surface area contributed by atoms with Crippen molar-refractivity contribution in [2.45, 2.75) is 50.8 Å². The Morgan fingerprint density at radius 3 is 2.83 bits per heavy atom.